The van der Waals surface area contributed by atoms with Crippen LogP contribution >= 0.6 is 0 Å². The van der Waals surface area contributed by atoms with Gasteiger partial charge in [0.2, 0.25) is 0 Å². The Balaban J connectivity index is 1.96. The Bertz CT molecular complexity index is 749. The molecule has 0 aliphatic heterocycles. The van der Waals surface area contributed by atoms with Gasteiger partial charge in [0.05, 0.1) is 6.61 Å². The van der Waals surface area contributed by atoms with E-state index in [2.05, 4.69) is 10.3 Å². The van der Waals surface area contributed by atoms with Crippen molar-refractivity contribution in [3.05, 3.63) is 36.0 Å². The van der Waals surface area contributed by atoms with Crippen LogP contribution in [0.25, 0.3) is 10.9 Å². The zero-order chi connectivity index (χ0) is 19.2. The Morgan fingerprint density at radius 2 is 2.00 bits per heavy atom. The summed E-state index contributed by atoms with van der Waals surface area (Å²) in [5.41, 5.74) is 1.47. The molecule has 26 heavy (non-hydrogen) atoms. The van der Waals surface area contributed by atoms with Gasteiger partial charge in [-0.05, 0) is 56.8 Å². The first-order valence-corrected chi connectivity index (χ1v) is 8.73. The normalized spacial score (nSPS) is 11.2. The maximum Gasteiger partial charge on any atom is 0.410 e. The van der Waals surface area contributed by atoms with E-state index in [1.807, 2.05) is 30.5 Å². The van der Waals surface area contributed by atoms with E-state index in [1.165, 1.54) is 0 Å². The van der Waals surface area contributed by atoms with Crippen LogP contribution in [0.1, 0.15) is 33.3 Å². The van der Waals surface area contributed by atoms with Crippen molar-refractivity contribution in [1.29, 1.82) is 0 Å². The Kier molecular flexibility index (Phi) is 6.49. The van der Waals surface area contributed by atoms with Crippen molar-refractivity contribution in [1.82, 2.24) is 15.2 Å². The van der Waals surface area contributed by atoms with Gasteiger partial charge >= 0.3 is 12.2 Å². The number of fused-ring (bicyclic) bond motifs is 1. The summed E-state index contributed by atoms with van der Waals surface area (Å²) in [6.45, 7) is 8.46. The molecule has 0 bridgehead atoms. The van der Waals surface area contributed by atoms with Crippen LogP contribution in [0.4, 0.5) is 9.59 Å². The highest BCUT2D eigenvalue weighted by atomic mass is 16.6. The number of ether oxygens (including phenoxy) is 2. The van der Waals surface area contributed by atoms with Crippen molar-refractivity contribution in [3.8, 4) is 0 Å². The maximum atomic E-state index is 12.2. The fourth-order valence-electron chi connectivity index (χ4n) is 2.48. The minimum atomic E-state index is -0.559. The summed E-state index contributed by atoms with van der Waals surface area (Å²) in [6, 6.07) is 7.95. The standard InChI is InChI=1S/C19H27N3O4/c1-5-25-18(24)22(11-10-21-17(23)26-19(2,3)4)13-14-6-7-16-15(12-14)8-9-20-16/h6-9,12,20H,5,10-11,13H2,1-4H3,(H,21,23). The van der Waals surface area contributed by atoms with E-state index in [4.69, 9.17) is 9.47 Å². The molecule has 7 nitrogen and oxygen atoms in total. The fraction of sp³-hybridized carbons (Fsp3) is 0.474. The number of nitrogens with one attached hydrogen (secondary N) is 2. The van der Waals surface area contributed by atoms with Gasteiger partial charge in [-0.1, -0.05) is 6.07 Å². The summed E-state index contributed by atoms with van der Waals surface area (Å²) in [7, 11) is 0. The molecule has 2 amide bonds. The monoisotopic (exact) mass is 361 g/mol. The highest BCUT2D eigenvalue weighted by molar-refractivity contribution is 5.80. The predicted molar refractivity (Wildman–Crippen MR) is 100.0 cm³/mol. The van der Waals surface area contributed by atoms with E-state index in [-0.39, 0.29) is 6.54 Å². The molecule has 1 aromatic heterocycles. The average Bonchev–Trinajstić information content (AvgIpc) is 3.00. The molecule has 0 unspecified atom stereocenters. The third-order valence-corrected chi connectivity index (χ3v) is 3.57. The van der Waals surface area contributed by atoms with Crippen LogP contribution in [0, 0.1) is 0 Å². The van der Waals surface area contributed by atoms with Crippen LogP contribution in [0.2, 0.25) is 0 Å². The van der Waals surface area contributed by atoms with Gasteiger partial charge in [0.25, 0.3) is 0 Å². The summed E-state index contributed by atoms with van der Waals surface area (Å²) in [4.78, 5) is 28.7. The zero-order valence-corrected chi connectivity index (χ0v) is 15.8. The number of H-pyrrole nitrogens is 1. The highest BCUT2D eigenvalue weighted by Gasteiger charge is 2.18. The quantitative estimate of drug-likeness (QED) is 0.822. The number of alkyl carbamates (subject to hydrolysis) is 1. The van der Waals surface area contributed by atoms with Gasteiger partial charge in [0.15, 0.2) is 0 Å². The largest absolute Gasteiger partial charge is 0.450 e. The maximum absolute atomic E-state index is 12.2. The van der Waals surface area contributed by atoms with Crippen molar-refractivity contribution in [2.45, 2.75) is 39.8 Å². The smallest absolute Gasteiger partial charge is 0.410 e. The summed E-state index contributed by atoms with van der Waals surface area (Å²) in [6.07, 6.45) is 0.963. The summed E-state index contributed by atoms with van der Waals surface area (Å²) < 4.78 is 10.3. The van der Waals surface area contributed by atoms with Crippen LogP contribution in [-0.2, 0) is 16.0 Å². The lowest BCUT2D eigenvalue weighted by molar-refractivity contribution is 0.0516. The Labute approximate surface area is 153 Å². The van der Waals surface area contributed by atoms with Gasteiger partial charge in [-0.2, -0.15) is 0 Å². The van der Waals surface area contributed by atoms with Crippen LogP contribution in [-0.4, -0.2) is 47.4 Å². The van der Waals surface area contributed by atoms with Crippen molar-refractivity contribution >= 4 is 23.1 Å². The molecule has 7 heteroatoms. The van der Waals surface area contributed by atoms with Gasteiger partial charge in [-0.15, -0.1) is 0 Å². The van der Waals surface area contributed by atoms with E-state index in [0.717, 1.165) is 16.5 Å². The van der Waals surface area contributed by atoms with Crippen LogP contribution in [0.15, 0.2) is 30.5 Å². The van der Waals surface area contributed by atoms with Crippen molar-refractivity contribution < 1.29 is 19.1 Å². The van der Waals surface area contributed by atoms with Gasteiger partial charge < -0.3 is 24.7 Å². The number of aromatic amines is 1. The lowest BCUT2D eigenvalue weighted by atomic mass is 10.1. The van der Waals surface area contributed by atoms with Gasteiger partial charge in [-0.3, -0.25) is 0 Å². The molecule has 0 saturated carbocycles. The molecule has 0 aliphatic carbocycles. The van der Waals surface area contributed by atoms with E-state index in [1.54, 1.807) is 32.6 Å². The molecule has 142 valence electrons. The average molecular weight is 361 g/mol. The third-order valence-electron chi connectivity index (χ3n) is 3.57. The molecule has 0 saturated heterocycles. The number of amides is 2. The number of hydrogen-bond acceptors (Lipinski definition) is 4. The molecule has 0 aliphatic rings. The van der Waals surface area contributed by atoms with Crippen molar-refractivity contribution in [3.63, 3.8) is 0 Å². The second kappa shape index (κ2) is 8.60. The first kappa shape index (κ1) is 19.6. The SMILES string of the molecule is CCOC(=O)N(CCNC(=O)OC(C)(C)C)Cc1ccc2[nH]ccc2c1. The van der Waals surface area contributed by atoms with Gasteiger partial charge in [0, 0.05) is 31.3 Å². The Morgan fingerprint density at radius 3 is 2.69 bits per heavy atom. The van der Waals surface area contributed by atoms with E-state index in [9.17, 15) is 9.59 Å². The molecule has 0 spiro atoms. The van der Waals surface area contributed by atoms with Crippen LogP contribution in [0.5, 0.6) is 0 Å². The second-order valence-corrected chi connectivity index (χ2v) is 6.95. The lowest BCUT2D eigenvalue weighted by Gasteiger charge is -2.23. The van der Waals surface area contributed by atoms with Crippen molar-refractivity contribution in [2.75, 3.05) is 19.7 Å². The summed E-state index contributed by atoms with van der Waals surface area (Å²) >= 11 is 0. The first-order valence-electron chi connectivity index (χ1n) is 8.73. The predicted octanol–water partition coefficient (Wildman–Crippen LogP) is 3.65. The van der Waals surface area contributed by atoms with Crippen LogP contribution < -0.4 is 5.32 Å². The molecule has 0 atom stereocenters. The number of carbonyl (C=O) groups is 2. The summed E-state index contributed by atoms with van der Waals surface area (Å²) in [5, 5.41) is 3.74. The zero-order valence-electron chi connectivity index (χ0n) is 15.8. The second-order valence-electron chi connectivity index (χ2n) is 6.95. The molecule has 1 aromatic carbocycles. The number of benzene rings is 1. The molecule has 2 N–H and O–H groups in total. The lowest BCUT2D eigenvalue weighted by Crippen LogP contribution is -2.40. The fourth-order valence-corrected chi connectivity index (χ4v) is 2.48. The highest BCUT2D eigenvalue weighted by Crippen LogP contribution is 2.16. The van der Waals surface area contributed by atoms with E-state index >= 15 is 0 Å². The number of hydrogen-bond donors (Lipinski definition) is 2. The minimum absolute atomic E-state index is 0.278. The Morgan fingerprint density at radius 1 is 1.23 bits per heavy atom. The number of rotatable bonds is 6. The third kappa shape index (κ3) is 5.98. The molecule has 2 rings (SSSR count). The van der Waals surface area contributed by atoms with Gasteiger partial charge in [0.1, 0.15) is 5.60 Å². The minimum Gasteiger partial charge on any atom is -0.450 e. The number of nitrogens with zero attached hydrogens (tertiary/aromatic N) is 1. The van der Waals surface area contributed by atoms with Crippen molar-refractivity contribution in [2.24, 2.45) is 0 Å². The molecule has 0 fully saturated rings. The summed E-state index contributed by atoms with van der Waals surface area (Å²) in [5.74, 6) is 0. The topological polar surface area (TPSA) is 83.7 Å². The van der Waals surface area contributed by atoms with E-state index < -0.39 is 17.8 Å². The molecular weight excluding hydrogens is 334 g/mol. The first-order chi connectivity index (χ1) is 12.3. The molecule has 2 aromatic rings. The molecule has 0 radical (unpaired) electrons. The van der Waals surface area contributed by atoms with E-state index in [0.29, 0.717) is 19.7 Å². The molecule has 1 heterocycles. The molecular formula is C19H27N3O4. The Hall–Kier alpha value is -2.70. The van der Waals surface area contributed by atoms with Crippen LogP contribution in [0.3, 0.4) is 0 Å². The van der Waals surface area contributed by atoms with Gasteiger partial charge in [-0.25, -0.2) is 9.59 Å². The number of carbonyl (C=O) groups excluding carboxylic acids is 2. The number of aromatic nitrogens is 1.